The van der Waals surface area contributed by atoms with E-state index >= 15 is 0 Å². The zero-order valence-electron chi connectivity index (χ0n) is 10.7. The Bertz CT molecular complexity index is 532. The van der Waals surface area contributed by atoms with Crippen molar-refractivity contribution in [3.05, 3.63) is 32.7 Å². The van der Waals surface area contributed by atoms with Crippen molar-refractivity contribution < 1.29 is 9.59 Å². The fraction of sp³-hybridized carbons (Fsp3) is 0.286. The van der Waals surface area contributed by atoms with Crippen molar-refractivity contribution in [1.82, 2.24) is 5.32 Å². The van der Waals surface area contributed by atoms with Crippen LogP contribution in [0.3, 0.4) is 0 Å². The summed E-state index contributed by atoms with van der Waals surface area (Å²) < 4.78 is 1.53. The molecule has 0 fully saturated rings. The maximum atomic E-state index is 12.1. The third-order valence-corrected chi connectivity index (χ3v) is 3.50. The first-order valence-corrected chi connectivity index (χ1v) is 7.52. The molecule has 106 valence electrons. The van der Waals surface area contributed by atoms with Gasteiger partial charge in [0.05, 0.1) is 0 Å². The van der Waals surface area contributed by atoms with Crippen LogP contribution in [-0.4, -0.2) is 17.9 Å². The summed E-state index contributed by atoms with van der Waals surface area (Å²) in [5.41, 5.74) is 5.72. The van der Waals surface area contributed by atoms with Crippen LogP contribution in [0.2, 0.25) is 0 Å². The molecule has 20 heavy (non-hydrogen) atoms. The van der Waals surface area contributed by atoms with Gasteiger partial charge in [0.25, 0.3) is 5.91 Å². The fourth-order valence-corrected chi connectivity index (χ4v) is 2.91. The Kier molecular flexibility index (Phi) is 6.76. The lowest BCUT2D eigenvalue weighted by molar-refractivity contribution is -0.120. The van der Waals surface area contributed by atoms with E-state index in [0.29, 0.717) is 24.8 Å². The second-order valence-corrected chi connectivity index (χ2v) is 6.01. The lowest BCUT2D eigenvalue weighted by Gasteiger charge is -2.15. The van der Waals surface area contributed by atoms with E-state index in [1.165, 1.54) is 0 Å². The number of halogens is 2. The van der Waals surface area contributed by atoms with Crippen LogP contribution in [0.15, 0.2) is 27.1 Å². The molecule has 2 amide bonds. The Morgan fingerprint density at radius 2 is 1.90 bits per heavy atom. The topological polar surface area (TPSA) is 72.2 Å². The van der Waals surface area contributed by atoms with Crippen molar-refractivity contribution in [3.63, 3.8) is 0 Å². The molecule has 0 heterocycles. The minimum atomic E-state index is -0.714. The molecule has 0 saturated carbocycles. The van der Waals surface area contributed by atoms with E-state index in [1.807, 2.05) is 6.07 Å². The highest BCUT2D eigenvalue weighted by atomic mass is 79.9. The molecule has 1 rings (SSSR count). The van der Waals surface area contributed by atoms with E-state index < -0.39 is 11.9 Å². The second-order valence-electron chi connectivity index (χ2n) is 4.18. The van der Waals surface area contributed by atoms with Crippen LogP contribution in [0.1, 0.15) is 29.6 Å². The number of hydrogen-bond donors (Lipinski definition) is 2. The maximum absolute atomic E-state index is 12.1. The third kappa shape index (κ3) is 5.35. The quantitative estimate of drug-likeness (QED) is 0.568. The highest BCUT2D eigenvalue weighted by Crippen LogP contribution is 2.20. The molecule has 0 aromatic heterocycles. The van der Waals surface area contributed by atoms with Gasteiger partial charge in [0.1, 0.15) is 6.04 Å². The summed E-state index contributed by atoms with van der Waals surface area (Å²) in [6.45, 7) is 0. The average Bonchev–Trinajstić information content (AvgIpc) is 2.36. The predicted molar refractivity (Wildman–Crippen MR) is 85.0 cm³/mol. The van der Waals surface area contributed by atoms with E-state index in [0.717, 1.165) is 8.95 Å². The molecule has 1 aromatic rings. The molecule has 0 aliphatic rings. The molecular weight excluding hydrogens is 388 g/mol. The molecule has 1 atom stereocenters. The number of hydrogen-bond acceptors (Lipinski definition) is 2. The average molecular weight is 402 g/mol. The van der Waals surface area contributed by atoms with Gasteiger partial charge < -0.3 is 11.1 Å². The lowest BCUT2D eigenvalue weighted by Crippen LogP contribution is -2.44. The first-order valence-electron chi connectivity index (χ1n) is 5.93. The standard InChI is InChI=1S/C14H14Br2N2O2/c1-2-3-4-5-12(13(17)19)18-14(20)9-6-10(15)8-11(16)7-9/h1,6-8,12H,3-5H2,(H2,17,19)(H,18,20)/t12-/m1/s1. The zero-order chi connectivity index (χ0) is 15.1. The van der Waals surface area contributed by atoms with Gasteiger partial charge in [-0.2, -0.15) is 0 Å². The van der Waals surface area contributed by atoms with Crippen LogP contribution >= 0.6 is 31.9 Å². The Morgan fingerprint density at radius 3 is 2.40 bits per heavy atom. The zero-order valence-corrected chi connectivity index (χ0v) is 13.8. The Labute approximate surface area is 134 Å². The first kappa shape index (κ1) is 16.7. The van der Waals surface area contributed by atoms with E-state index in [1.54, 1.807) is 12.1 Å². The summed E-state index contributed by atoms with van der Waals surface area (Å²) in [6, 6.07) is 4.43. The molecule has 4 nitrogen and oxygen atoms in total. The molecular formula is C14H14Br2N2O2. The van der Waals surface area contributed by atoms with Crippen molar-refractivity contribution in [2.45, 2.75) is 25.3 Å². The SMILES string of the molecule is C#CCCC[C@@H](NC(=O)c1cc(Br)cc(Br)c1)C(N)=O. The van der Waals surface area contributed by atoms with Crippen molar-refractivity contribution in [2.75, 3.05) is 0 Å². The number of benzene rings is 1. The molecule has 0 bridgehead atoms. The normalized spacial score (nSPS) is 11.4. The largest absolute Gasteiger partial charge is 0.368 e. The molecule has 0 radical (unpaired) electrons. The number of nitrogens with one attached hydrogen (secondary N) is 1. The van der Waals surface area contributed by atoms with Gasteiger partial charge in [0.15, 0.2) is 0 Å². The van der Waals surface area contributed by atoms with Gasteiger partial charge in [-0.05, 0) is 31.0 Å². The van der Waals surface area contributed by atoms with E-state index in [9.17, 15) is 9.59 Å². The van der Waals surface area contributed by atoms with Gasteiger partial charge in [0.2, 0.25) is 5.91 Å². The predicted octanol–water partition coefficient (Wildman–Crippen LogP) is 2.60. The van der Waals surface area contributed by atoms with Crippen LogP contribution in [0.5, 0.6) is 0 Å². The van der Waals surface area contributed by atoms with Gasteiger partial charge in [-0.1, -0.05) is 31.9 Å². The van der Waals surface area contributed by atoms with Crippen molar-refractivity contribution >= 4 is 43.7 Å². The molecule has 0 aliphatic heterocycles. The number of unbranched alkanes of at least 4 members (excludes halogenated alkanes) is 1. The van der Waals surface area contributed by atoms with Gasteiger partial charge in [-0.3, -0.25) is 9.59 Å². The van der Waals surface area contributed by atoms with Crippen LogP contribution in [-0.2, 0) is 4.79 Å². The van der Waals surface area contributed by atoms with Crippen LogP contribution in [0.25, 0.3) is 0 Å². The van der Waals surface area contributed by atoms with E-state index in [4.69, 9.17) is 12.2 Å². The molecule has 3 N–H and O–H groups in total. The van der Waals surface area contributed by atoms with Crippen LogP contribution in [0, 0.1) is 12.3 Å². The van der Waals surface area contributed by atoms with Gasteiger partial charge in [0, 0.05) is 20.9 Å². The third-order valence-electron chi connectivity index (χ3n) is 2.59. The monoisotopic (exact) mass is 400 g/mol. The number of nitrogens with two attached hydrogens (primary N) is 1. The number of rotatable bonds is 6. The fourth-order valence-electron chi connectivity index (χ4n) is 1.62. The summed E-state index contributed by atoms with van der Waals surface area (Å²) >= 11 is 6.61. The van der Waals surface area contributed by atoms with Gasteiger partial charge in [-0.15, -0.1) is 12.3 Å². The number of carbonyl (C=O) groups excluding carboxylic acids is 2. The second kappa shape index (κ2) is 8.08. The highest BCUT2D eigenvalue weighted by molar-refractivity contribution is 9.11. The Hall–Kier alpha value is -1.32. The molecule has 0 unspecified atom stereocenters. The summed E-state index contributed by atoms with van der Waals surface area (Å²) in [5, 5.41) is 2.62. The summed E-state index contributed by atoms with van der Waals surface area (Å²) in [5.74, 6) is 1.57. The summed E-state index contributed by atoms with van der Waals surface area (Å²) in [7, 11) is 0. The summed E-state index contributed by atoms with van der Waals surface area (Å²) in [6.07, 6.45) is 6.76. The van der Waals surface area contributed by atoms with Crippen LogP contribution < -0.4 is 11.1 Å². The maximum Gasteiger partial charge on any atom is 0.252 e. The lowest BCUT2D eigenvalue weighted by atomic mass is 10.1. The Balaban J connectivity index is 2.75. The molecule has 0 aliphatic carbocycles. The molecule has 0 saturated heterocycles. The molecule has 6 heteroatoms. The highest BCUT2D eigenvalue weighted by Gasteiger charge is 2.18. The minimum absolute atomic E-state index is 0.350. The van der Waals surface area contributed by atoms with E-state index in [-0.39, 0.29) is 5.91 Å². The van der Waals surface area contributed by atoms with Crippen molar-refractivity contribution in [3.8, 4) is 12.3 Å². The van der Waals surface area contributed by atoms with E-state index in [2.05, 4.69) is 43.1 Å². The minimum Gasteiger partial charge on any atom is -0.368 e. The number of primary amides is 1. The molecule has 1 aromatic carbocycles. The first-order chi connectivity index (χ1) is 9.43. The smallest absolute Gasteiger partial charge is 0.252 e. The molecule has 0 spiro atoms. The van der Waals surface area contributed by atoms with Gasteiger partial charge in [-0.25, -0.2) is 0 Å². The Morgan fingerprint density at radius 1 is 1.30 bits per heavy atom. The summed E-state index contributed by atoms with van der Waals surface area (Å²) in [4.78, 5) is 23.4. The van der Waals surface area contributed by atoms with Crippen molar-refractivity contribution in [1.29, 1.82) is 0 Å². The van der Waals surface area contributed by atoms with Gasteiger partial charge >= 0.3 is 0 Å². The number of carbonyl (C=O) groups is 2. The number of amides is 2. The van der Waals surface area contributed by atoms with Crippen molar-refractivity contribution in [2.24, 2.45) is 5.73 Å². The van der Waals surface area contributed by atoms with Crippen LogP contribution in [0.4, 0.5) is 0 Å². The number of terminal acetylenes is 1.